The van der Waals surface area contributed by atoms with Gasteiger partial charge in [-0.3, -0.25) is 4.79 Å². The van der Waals surface area contributed by atoms with E-state index in [9.17, 15) is 4.79 Å². The molecule has 1 heterocycles. The van der Waals surface area contributed by atoms with Crippen molar-refractivity contribution >= 4 is 18.3 Å². The molecular weight excluding hydrogens is 312 g/mol. The first-order valence-electron chi connectivity index (χ1n) is 8.15. The summed E-state index contributed by atoms with van der Waals surface area (Å²) in [6.45, 7) is 9.62. The van der Waals surface area contributed by atoms with Crippen LogP contribution >= 0.6 is 12.4 Å². The number of halogens is 1. The molecule has 2 rings (SSSR count). The molecule has 1 amide bonds. The molecule has 4 nitrogen and oxygen atoms in total. The maximum absolute atomic E-state index is 11.9. The molecule has 0 aromatic heterocycles. The van der Waals surface area contributed by atoms with E-state index in [1.165, 1.54) is 11.1 Å². The third kappa shape index (κ3) is 6.80. The Hall–Kier alpha value is -1.26. The van der Waals surface area contributed by atoms with E-state index in [1.807, 2.05) is 26.0 Å². The van der Waals surface area contributed by atoms with Crippen molar-refractivity contribution in [2.24, 2.45) is 5.41 Å². The molecule has 0 atom stereocenters. The number of nitrogens with one attached hydrogen (secondary N) is 2. The zero-order chi connectivity index (χ0) is 16.0. The second-order valence-corrected chi connectivity index (χ2v) is 6.76. The Labute approximate surface area is 145 Å². The summed E-state index contributed by atoms with van der Waals surface area (Å²) in [6, 6.07) is 6.11. The van der Waals surface area contributed by atoms with Crippen LogP contribution in [0.2, 0.25) is 0 Å². The van der Waals surface area contributed by atoms with Crippen molar-refractivity contribution in [3.63, 3.8) is 0 Å². The van der Waals surface area contributed by atoms with Crippen LogP contribution in [-0.4, -0.2) is 32.1 Å². The molecule has 0 bridgehead atoms. The van der Waals surface area contributed by atoms with Crippen molar-refractivity contribution in [3.05, 3.63) is 29.3 Å². The Morgan fingerprint density at radius 3 is 2.43 bits per heavy atom. The summed E-state index contributed by atoms with van der Waals surface area (Å²) in [5.41, 5.74) is 2.59. The molecule has 0 spiro atoms. The number of hydrogen-bond donors (Lipinski definition) is 2. The van der Waals surface area contributed by atoms with Crippen LogP contribution in [0, 0.1) is 19.3 Å². The summed E-state index contributed by atoms with van der Waals surface area (Å²) in [4.78, 5) is 11.9. The number of amides is 1. The van der Waals surface area contributed by atoms with Gasteiger partial charge in [-0.15, -0.1) is 12.4 Å². The molecule has 1 aliphatic rings. The van der Waals surface area contributed by atoms with E-state index in [0.717, 1.165) is 38.2 Å². The standard InChI is InChI=1S/C18H28N2O2.ClH/c1-14-10-15(2)12-16(11-14)22-9-4-17(21)20-13-18(3)5-7-19-8-6-18;/h10-12,19H,4-9,13H2,1-3H3,(H,20,21);1H. The highest BCUT2D eigenvalue weighted by Crippen LogP contribution is 2.26. The van der Waals surface area contributed by atoms with E-state index in [4.69, 9.17) is 4.74 Å². The van der Waals surface area contributed by atoms with Gasteiger partial charge >= 0.3 is 0 Å². The van der Waals surface area contributed by atoms with Crippen molar-refractivity contribution in [3.8, 4) is 5.75 Å². The number of hydrogen-bond acceptors (Lipinski definition) is 3. The highest BCUT2D eigenvalue weighted by Gasteiger charge is 2.26. The van der Waals surface area contributed by atoms with Crippen molar-refractivity contribution < 1.29 is 9.53 Å². The maximum atomic E-state index is 11.9. The van der Waals surface area contributed by atoms with Gasteiger partial charge < -0.3 is 15.4 Å². The molecule has 23 heavy (non-hydrogen) atoms. The molecular formula is C18H29ClN2O2. The van der Waals surface area contributed by atoms with Crippen molar-refractivity contribution in [2.75, 3.05) is 26.2 Å². The number of ether oxygens (including phenoxy) is 1. The van der Waals surface area contributed by atoms with Gasteiger partial charge in [0.2, 0.25) is 5.91 Å². The average Bonchev–Trinajstić information content (AvgIpc) is 2.45. The van der Waals surface area contributed by atoms with Crippen LogP contribution in [0.3, 0.4) is 0 Å². The number of aryl methyl sites for hydroxylation is 2. The molecule has 0 saturated carbocycles. The van der Waals surface area contributed by atoms with Crippen molar-refractivity contribution in [1.29, 1.82) is 0 Å². The monoisotopic (exact) mass is 340 g/mol. The second-order valence-electron chi connectivity index (χ2n) is 6.76. The molecule has 1 saturated heterocycles. The lowest BCUT2D eigenvalue weighted by molar-refractivity contribution is -0.122. The summed E-state index contributed by atoms with van der Waals surface area (Å²) < 4.78 is 5.68. The van der Waals surface area contributed by atoms with E-state index in [1.54, 1.807) is 0 Å². The van der Waals surface area contributed by atoms with Crippen molar-refractivity contribution in [1.82, 2.24) is 10.6 Å². The van der Waals surface area contributed by atoms with Crippen LogP contribution < -0.4 is 15.4 Å². The predicted octanol–water partition coefficient (Wildman–Crippen LogP) is 3.00. The first-order chi connectivity index (χ1) is 10.5. The van der Waals surface area contributed by atoms with E-state index < -0.39 is 0 Å². The summed E-state index contributed by atoms with van der Waals surface area (Å²) in [5, 5.41) is 6.41. The second kappa shape index (κ2) is 9.14. The fourth-order valence-corrected chi connectivity index (χ4v) is 2.89. The Kier molecular flexibility index (Phi) is 7.86. The minimum absolute atomic E-state index is 0. The fraction of sp³-hybridized carbons (Fsp3) is 0.611. The molecule has 1 fully saturated rings. The topological polar surface area (TPSA) is 50.4 Å². The Morgan fingerprint density at radius 1 is 1.22 bits per heavy atom. The fourth-order valence-electron chi connectivity index (χ4n) is 2.89. The Morgan fingerprint density at radius 2 is 1.83 bits per heavy atom. The van der Waals surface area contributed by atoms with Gasteiger partial charge in [0.1, 0.15) is 5.75 Å². The highest BCUT2D eigenvalue weighted by atomic mass is 35.5. The largest absolute Gasteiger partial charge is 0.493 e. The number of carbonyl (C=O) groups is 1. The van der Waals surface area contributed by atoms with Crippen LogP contribution in [-0.2, 0) is 4.79 Å². The molecule has 1 aromatic carbocycles. The zero-order valence-corrected chi connectivity index (χ0v) is 15.2. The minimum atomic E-state index is 0. The Bertz CT molecular complexity index is 493. The summed E-state index contributed by atoms with van der Waals surface area (Å²) in [7, 11) is 0. The lowest BCUT2D eigenvalue weighted by atomic mass is 9.81. The van der Waals surface area contributed by atoms with E-state index in [0.29, 0.717) is 13.0 Å². The normalized spacial score (nSPS) is 16.3. The van der Waals surface area contributed by atoms with Gasteiger partial charge in [0.25, 0.3) is 0 Å². The van der Waals surface area contributed by atoms with E-state index in [2.05, 4.69) is 23.6 Å². The first kappa shape index (κ1) is 19.8. The minimum Gasteiger partial charge on any atom is -0.493 e. The highest BCUT2D eigenvalue weighted by molar-refractivity contribution is 5.85. The van der Waals surface area contributed by atoms with Crippen LogP contribution in [0.15, 0.2) is 18.2 Å². The SMILES string of the molecule is Cc1cc(C)cc(OCCC(=O)NCC2(C)CCNCC2)c1.Cl. The molecule has 0 aliphatic carbocycles. The predicted molar refractivity (Wildman–Crippen MR) is 96.5 cm³/mol. The van der Waals surface area contributed by atoms with Gasteiger partial charge in [0.15, 0.2) is 0 Å². The lowest BCUT2D eigenvalue weighted by Crippen LogP contribution is -2.43. The van der Waals surface area contributed by atoms with Crippen LogP contribution in [0.5, 0.6) is 5.75 Å². The molecule has 130 valence electrons. The third-order valence-corrected chi connectivity index (χ3v) is 4.32. The van der Waals surface area contributed by atoms with E-state index >= 15 is 0 Å². The van der Waals surface area contributed by atoms with E-state index in [-0.39, 0.29) is 23.7 Å². The van der Waals surface area contributed by atoms with Crippen LogP contribution in [0.1, 0.15) is 37.3 Å². The lowest BCUT2D eigenvalue weighted by Gasteiger charge is -2.34. The van der Waals surface area contributed by atoms with Gasteiger partial charge in [-0.2, -0.15) is 0 Å². The smallest absolute Gasteiger partial charge is 0.223 e. The summed E-state index contributed by atoms with van der Waals surface area (Å²) in [5.74, 6) is 0.916. The number of rotatable bonds is 6. The molecule has 0 unspecified atom stereocenters. The first-order valence-corrected chi connectivity index (χ1v) is 8.15. The number of piperidine rings is 1. The Balaban J connectivity index is 0.00000264. The molecule has 2 N–H and O–H groups in total. The summed E-state index contributed by atoms with van der Waals surface area (Å²) in [6.07, 6.45) is 2.64. The molecule has 1 aromatic rings. The van der Waals surface area contributed by atoms with Gasteiger partial charge in [-0.1, -0.05) is 13.0 Å². The van der Waals surface area contributed by atoms with Gasteiger partial charge in [0, 0.05) is 6.54 Å². The molecule has 5 heteroatoms. The van der Waals surface area contributed by atoms with Gasteiger partial charge in [-0.25, -0.2) is 0 Å². The summed E-state index contributed by atoms with van der Waals surface area (Å²) >= 11 is 0. The number of carbonyl (C=O) groups excluding carboxylic acids is 1. The van der Waals surface area contributed by atoms with Crippen LogP contribution in [0.4, 0.5) is 0 Å². The van der Waals surface area contributed by atoms with Crippen molar-refractivity contribution in [2.45, 2.75) is 40.0 Å². The molecule has 1 aliphatic heterocycles. The maximum Gasteiger partial charge on any atom is 0.223 e. The number of benzene rings is 1. The average molecular weight is 341 g/mol. The van der Waals surface area contributed by atoms with Gasteiger partial charge in [0.05, 0.1) is 13.0 Å². The molecule has 0 radical (unpaired) electrons. The van der Waals surface area contributed by atoms with Crippen LogP contribution in [0.25, 0.3) is 0 Å². The quantitative estimate of drug-likeness (QED) is 0.837. The third-order valence-electron chi connectivity index (χ3n) is 4.32. The zero-order valence-electron chi connectivity index (χ0n) is 14.4. The van der Waals surface area contributed by atoms with Gasteiger partial charge in [-0.05, 0) is 68.5 Å².